The third-order valence-electron chi connectivity index (χ3n) is 4.80. The summed E-state index contributed by atoms with van der Waals surface area (Å²) in [5.41, 5.74) is 0. The van der Waals surface area contributed by atoms with Gasteiger partial charge in [0.15, 0.2) is 15.6 Å². The van der Waals surface area contributed by atoms with Crippen molar-refractivity contribution in [3.8, 4) is 0 Å². The Kier molecular flexibility index (Phi) is 5.03. The molecule has 1 aromatic rings. The number of sulfone groups is 1. The second kappa shape index (κ2) is 7.07. The Morgan fingerprint density at radius 1 is 1.24 bits per heavy atom. The molecule has 0 radical (unpaired) electrons. The maximum Gasteiger partial charge on any atom is 0.320 e. The molecule has 1 unspecified atom stereocenters. The Labute approximate surface area is 147 Å². The van der Waals surface area contributed by atoms with E-state index < -0.39 is 9.84 Å². The molecule has 9 heteroatoms. The summed E-state index contributed by atoms with van der Waals surface area (Å²) < 4.78 is 28.5. The molecule has 2 aliphatic rings. The molecule has 0 spiro atoms. The van der Waals surface area contributed by atoms with Crippen LogP contribution in [0.5, 0.6) is 0 Å². The van der Waals surface area contributed by atoms with Gasteiger partial charge in [-0.2, -0.15) is 0 Å². The molecule has 2 fully saturated rings. The predicted molar refractivity (Wildman–Crippen MR) is 91.0 cm³/mol. The number of furan rings is 1. The van der Waals surface area contributed by atoms with Crippen molar-refractivity contribution in [1.29, 1.82) is 0 Å². The van der Waals surface area contributed by atoms with E-state index in [1.54, 1.807) is 26.8 Å². The number of carbonyl (C=O) groups is 2. The summed E-state index contributed by atoms with van der Waals surface area (Å²) >= 11 is 0. The minimum atomic E-state index is -3.04. The van der Waals surface area contributed by atoms with Crippen LogP contribution in [-0.4, -0.2) is 85.3 Å². The van der Waals surface area contributed by atoms with Gasteiger partial charge < -0.3 is 19.1 Å². The van der Waals surface area contributed by atoms with Crippen LogP contribution in [0.15, 0.2) is 22.8 Å². The van der Waals surface area contributed by atoms with Crippen molar-refractivity contribution in [2.45, 2.75) is 19.4 Å². The van der Waals surface area contributed by atoms with E-state index in [9.17, 15) is 18.0 Å². The molecule has 0 N–H and O–H groups in total. The van der Waals surface area contributed by atoms with Crippen LogP contribution in [0.2, 0.25) is 0 Å². The van der Waals surface area contributed by atoms with Crippen LogP contribution >= 0.6 is 0 Å². The average Bonchev–Trinajstić information content (AvgIpc) is 3.25. The number of piperazine rings is 1. The normalized spacial score (nSPS) is 22.8. The highest BCUT2D eigenvalue weighted by Gasteiger charge is 2.36. The molecular formula is C16H23N3O5S. The molecule has 3 amide bonds. The van der Waals surface area contributed by atoms with Crippen molar-refractivity contribution in [1.82, 2.24) is 14.7 Å². The standard InChI is InChI=1S/C16H23N3O5S/c1-2-19(13-5-11-25(22,23)12-13)16(21)18-8-6-17(7-9-18)15(20)14-4-3-10-24-14/h3-4,10,13H,2,5-9,11-12H2,1H3. The van der Waals surface area contributed by atoms with E-state index in [4.69, 9.17) is 4.42 Å². The zero-order valence-corrected chi connectivity index (χ0v) is 15.1. The maximum atomic E-state index is 12.8. The predicted octanol–water partition coefficient (Wildman–Crippen LogP) is 0.666. The van der Waals surface area contributed by atoms with Crippen LogP contribution in [0, 0.1) is 0 Å². The SMILES string of the molecule is CCN(C(=O)N1CCN(C(=O)c2ccco2)CC1)C1CCS(=O)(=O)C1. The number of nitrogens with zero attached hydrogens (tertiary/aromatic N) is 3. The van der Waals surface area contributed by atoms with Crippen molar-refractivity contribution in [3.63, 3.8) is 0 Å². The van der Waals surface area contributed by atoms with E-state index in [2.05, 4.69) is 0 Å². The molecule has 0 aromatic carbocycles. The van der Waals surface area contributed by atoms with Gasteiger partial charge in [0.25, 0.3) is 5.91 Å². The van der Waals surface area contributed by atoms with Crippen LogP contribution in [0.4, 0.5) is 4.79 Å². The molecule has 1 atom stereocenters. The number of rotatable bonds is 3. The number of hydrogen-bond acceptors (Lipinski definition) is 5. The van der Waals surface area contributed by atoms with Gasteiger partial charge in [0, 0.05) is 38.8 Å². The Balaban J connectivity index is 1.58. The summed E-state index contributed by atoms with van der Waals surface area (Å²) in [5.74, 6) is 0.314. The van der Waals surface area contributed by atoms with E-state index in [0.29, 0.717) is 44.9 Å². The molecular weight excluding hydrogens is 346 g/mol. The Hall–Kier alpha value is -2.03. The Morgan fingerprint density at radius 3 is 2.44 bits per heavy atom. The van der Waals surface area contributed by atoms with Crippen LogP contribution < -0.4 is 0 Å². The molecule has 0 bridgehead atoms. The smallest absolute Gasteiger partial charge is 0.320 e. The fourth-order valence-electron chi connectivity index (χ4n) is 3.41. The third kappa shape index (κ3) is 3.81. The van der Waals surface area contributed by atoms with E-state index in [1.807, 2.05) is 6.92 Å². The highest BCUT2D eigenvalue weighted by atomic mass is 32.2. The molecule has 0 saturated carbocycles. The van der Waals surface area contributed by atoms with Crippen molar-refractivity contribution < 1.29 is 22.4 Å². The summed E-state index contributed by atoms with van der Waals surface area (Å²) in [6.07, 6.45) is 1.96. The van der Waals surface area contributed by atoms with Gasteiger partial charge in [-0.3, -0.25) is 4.79 Å². The quantitative estimate of drug-likeness (QED) is 0.781. The fraction of sp³-hybridized carbons (Fsp3) is 0.625. The lowest BCUT2D eigenvalue weighted by molar-refractivity contribution is 0.0600. The molecule has 8 nitrogen and oxygen atoms in total. The topological polar surface area (TPSA) is 91.1 Å². The van der Waals surface area contributed by atoms with E-state index in [-0.39, 0.29) is 29.5 Å². The third-order valence-corrected chi connectivity index (χ3v) is 6.56. The minimum Gasteiger partial charge on any atom is -0.459 e. The summed E-state index contributed by atoms with van der Waals surface area (Å²) in [4.78, 5) is 30.0. The van der Waals surface area contributed by atoms with Crippen LogP contribution in [0.1, 0.15) is 23.9 Å². The minimum absolute atomic E-state index is 0.0452. The average molecular weight is 369 g/mol. The van der Waals surface area contributed by atoms with Crippen molar-refractivity contribution in [2.24, 2.45) is 0 Å². The van der Waals surface area contributed by atoms with Crippen LogP contribution in [-0.2, 0) is 9.84 Å². The van der Waals surface area contributed by atoms with Gasteiger partial charge >= 0.3 is 6.03 Å². The number of urea groups is 1. The molecule has 25 heavy (non-hydrogen) atoms. The molecule has 2 saturated heterocycles. The van der Waals surface area contributed by atoms with Crippen LogP contribution in [0.3, 0.4) is 0 Å². The Morgan fingerprint density at radius 2 is 1.92 bits per heavy atom. The van der Waals surface area contributed by atoms with Gasteiger partial charge in [-0.25, -0.2) is 13.2 Å². The molecule has 0 aliphatic carbocycles. The highest BCUT2D eigenvalue weighted by molar-refractivity contribution is 7.91. The van der Waals surface area contributed by atoms with Crippen LogP contribution in [0.25, 0.3) is 0 Å². The van der Waals surface area contributed by atoms with Gasteiger partial charge in [-0.1, -0.05) is 0 Å². The first kappa shape index (κ1) is 17.8. The summed E-state index contributed by atoms with van der Waals surface area (Å²) in [6, 6.07) is 2.90. The molecule has 138 valence electrons. The van der Waals surface area contributed by atoms with E-state index in [0.717, 1.165) is 0 Å². The summed E-state index contributed by atoms with van der Waals surface area (Å²) in [5, 5.41) is 0. The first-order valence-electron chi connectivity index (χ1n) is 8.50. The first-order valence-corrected chi connectivity index (χ1v) is 10.3. The second-order valence-electron chi connectivity index (χ2n) is 6.38. The molecule has 2 aliphatic heterocycles. The summed E-state index contributed by atoms with van der Waals surface area (Å²) in [6.45, 7) is 4.07. The number of hydrogen-bond donors (Lipinski definition) is 0. The monoisotopic (exact) mass is 369 g/mol. The van der Waals surface area contributed by atoms with Crippen molar-refractivity contribution in [2.75, 3.05) is 44.2 Å². The lowest BCUT2D eigenvalue weighted by Gasteiger charge is -2.38. The number of carbonyl (C=O) groups excluding carboxylic acids is 2. The molecule has 1 aromatic heterocycles. The number of amides is 3. The van der Waals surface area contributed by atoms with Crippen molar-refractivity contribution >= 4 is 21.8 Å². The molecule has 3 heterocycles. The first-order chi connectivity index (χ1) is 11.9. The second-order valence-corrected chi connectivity index (χ2v) is 8.61. The Bertz CT molecular complexity index is 723. The lowest BCUT2D eigenvalue weighted by Crippen LogP contribution is -2.56. The summed E-state index contributed by atoms with van der Waals surface area (Å²) in [7, 11) is -3.04. The fourth-order valence-corrected chi connectivity index (χ4v) is 5.14. The van der Waals surface area contributed by atoms with Gasteiger partial charge in [0.2, 0.25) is 0 Å². The van der Waals surface area contributed by atoms with Gasteiger partial charge in [-0.05, 0) is 25.5 Å². The highest BCUT2D eigenvalue weighted by Crippen LogP contribution is 2.20. The zero-order chi connectivity index (χ0) is 18.0. The van der Waals surface area contributed by atoms with E-state index in [1.165, 1.54) is 6.26 Å². The van der Waals surface area contributed by atoms with Gasteiger partial charge in [-0.15, -0.1) is 0 Å². The van der Waals surface area contributed by atoms with Crippen molar-refractivity contribution in [3.05, 3.63) is 24.2 Å². The van der Waals surface area contributed by atoms with Gasteiger partial charge in [0.1, 0.15) is 0 Å². The van der Waals surface area contributed by atoms with E-state index >= 15 is 0 Å². The zero-order valence-electron chi connectivity index (χ0n) is 14.3. The van der Waals surface area contributed by atoms with Gasteiger partial charge in [0.05, 0.1) is 17.8 Å². The maximum absolute atomic E-state index is 12.8. The molecule has 3 rings (SSSR count). The lowest BCUT2D eigenvalue weighted by atomic mass is 10.2. The largest absolute Gasteiger partial charge is 0.459 e.